The molecule has 7 nitrogen and oxygen atoms in total. The van der Waals surface area contributed by atoms with E-state index in [9.17, 15) is 0 Å². The molecule has 2 aromatic rings. The van der Waals surface area contributed by atoms with Gasteiger partial charge in [0.1, 0.15) is 5.75 Å². The molecule has 1 fully saturated rings. The molecular weight excluding hydrogens is 316 g/mol. The summed E-state index contributed by atoms with van der Waals surface area (Å²) >= 11 is 0. The quantitative estimate of drug-likeness (QED) is 0.655. The predicted octanol–water partition coefficient (Wildman–Crippen LogP) is 1.29. The van der Waals surface area contributed by atoms with Gasteiger partial charge in [-0.25, -0.2) is 4.98 Å². The third-order valence-corrected chi connectivity index (χ3v) is 4.42. The number of hydrogen-bond donors (Lipinski definition) is 1. The molecule has 0 radical (unpaired) electrons. The van der Waals surface area contributed by atoms with Crippen LogP contribution in [0.2, 0.25) is 0 Å². The van der Waals surface area contributed by atoms with E-state index in [0.29, 0.717) is 0 Å². The van der Waals surface area contributed by atoms with Crippen molar-refractivity contribution in [3.63, 3.8) is 0 Å². The molecule has 1 aromatic heterocycles. The Morgan fingerprint density at radius 3 is 2.80 bits per heavy atom. The van der Waals surface area contributed by atoms with Gasteiger partial charge in [-0.3, -0.25) is 4.99 Å². The largest absolute Gasteiger partial charge is 0.497 e. The van der Waals surface area contributed by atoms with E-state index in [1.165, 1.54) is 5.69 Å². The molecule has 0 saturated carbocycles. The Hall–Kier alpha value is -2.70. The van der Waals surface area contributed by atoms with Crippen LogP contribution in [0.3, 0.4) is 0 Å². The van der Waals surface area contributed by atoms with Crippen molar-refractivity contribution in [3.05, 3.63) is 43.0 Å². The Balaban J connectivity index is 1.49. The number of rotatable bonds is 5. The second-order valence-corrected chi connectivity index (χ2v) is 5.95. The maximum absolute atomic E-state index is 5.32. The third kappa shape index (κ3) is 4.43. The first-order valence-corrected chi connectivity index (χ1v) is 8.60. The summed E-state index contributed by atoms with van der Waals surface area (Å²) in [6.45, 7) is 5.54. The molecule has 3 rings (SSSR count). The summed E-state index contributed by atoms with van der Waals surface area (Å²) in [5.74, 6) is 1.86. The Bertz CT molecular complexity index is 677. The van der Waals surface area contributed by atoms with E-state index < -0.39 is 0 Å². The molecule has 0 amide bonds. The second kappa shape index (κ2) is 8.41. The molecule has 1 aromatic carbocycles. The van der Waals surface area contributed by atoms with Crippen LogP contribution in [-0.4, -0.2) is 67.3 Å². The summed E-state index contributed by atoms with van der Waals surface area (Å²) in [7, 11) is 3.55. The number of aliphatic imine (C=N–C) groups is 1. The van der Waals surface area contributed by atoms with Gasteiger partial charge >= 0.3 is 0 Å². The number of nitrogens with zero attached hydrogens (tertiary/aromatic N) is 5. The zero-order valence-corrected chi connectivity index (χ0v) is 14.9. The third-order valence-electron chi connectivity index (χ3n) is 4.42. The number of hydrogen-bond acceptors (Lipinski definition) is 4. The number of guanidine groups is 1. The molecule has 25 heavy (non-hydrogen) atoms. The maximum Gasteiger partial charge on any atom is 0.193 e. The van der Waals surface area contributed by atoms with E-state index in [-0.39, 0.29) is 0 Å². The number of anilines is 1. The van der Waals surface area contributed by atoms with Crippen LogP contribution in [0.5, 0.6) is 5.75 Å². The fourth-order valence-corrected chi connectivity index (χ4v) is 3.03. The number of aromatic nitrogens is 2. The lowest BCUT2D eigenvalue weighted by Gasteiger charge is -2.37. The highest BCUT2D eigenvalue weighted by Gasteiger charge is 2.19. The Morgan fingerprint density at radius 1 is 1.28 bits per heavy atom. The molecule has 2 heterocycles. The first-order valence-electron chi connectivity index (χ1n) is 8.60. The fraction of sp³-hybridized carbons (Fsp3) is 0.444. The van der Waals surface area contributed by atoms with Crippen molar-refractivity contribution in [1.29, 1.82) is 0 Å². The number of methoxy groups -OCH3 is 1. The first-order chi connectivity index (χ1) is 12.3. The fourth-order valence-electron chi connectivity index (χ4n) is 3.03. The monoisotopic (exact) mass is 342 g/mol. The van der Waals surface area contributed by atoms with Gasteiger partial charge in [0.15, 0.2) is 5.96 Å². The van der Waals surface area contributed by atoms with Gasteiger partial charge in [-0.05, 0) is 12.1 Å². The highest BCUT2D eigenvalue weighted by atomic mass is 16.5. The predicted molar refractivity (Wildman–Crippen MR) is 100 cm³/mol. The molecule has 7 heteroatoms. The van der Waals surface area contributed by atoms with Crippen molar-refractivity contribution in [2.24, 2.45) is 4.99 Å². The van der Waals surface area contributed by atoms with Gasteiger partial charge in [0.2, 0.25) is 0 Å². The summed E-state index contributed by atoms with van der Waals surface area (Å²) in [5, 5.41) is 3.44. The SMILES string of the molecule is CN=C(NCCn1ccnc1)N1CCN(c2cccc(OC)c2)CC1. The molecule has 1 saturated heterocycles. The minimum Gasteiger partial charge on any atom is -0.497 e. The second-order valence-electron chi connectivity index (χ2n) is 5.95. The zero-order chi connectivity index (χ0) is 17.5. The van der Waals surface area contributed by atoms with Crippen LogP contribution in [0.15, 0.2) is 48.0 Å². The molecule has 0 atom stereocenters. The first kappa shape index (κ1) is 17.1. The van der Waals surface area contributed by atoms with E-state index in [1.54, 1.807) is 13.3 Å². The lowest BCUT2D eigenvalue weighted by molar-refractivity contribution is 0.371. The summed E-state index contributed by atoms with van der Waals surface area (Å²) in [6.07, 6.45) is 5.60. The topological polar surface area (TPSA) is 57.9 Å². The van der Waals surface area contributed by atoms with Gasteiger partial charge < -0.3 is 24.4 Å². The number of nitrogens with one attached hydrogen (secondary N) is 1. The number of imidazole rings is 1. The standard InChI is InChI=1S/C18H26N6O/c1-19-18(21-7-9-22-8-6-20-15-22)24-12-10-23(11-13-24)16-4-3-5-17(14-16)25-2/h3-6,8,14-15H,7,9-13H2,1-2H3,(H,19,21). The van der Waals surface area contributed by atoms with Crippen molar-refractivity contribution in [1.82, 2.24) is 19.8 Å². The van der Waals surface area contributed by atoms with E-state index >= 15 is 0 Å². The summed E-state index contributed by atoms with van der Waals surface area (Å²) in [6, 6.07) is 8.24. The van der Waals surface area contributed by atoms with E-state index in [1.807, 2.05) is 31.7 Å². The lowest BCUT2D eigenvalue weighted by atomic mass is 10.2. The van der Waals surface area contributed by atoms with Crippen LogP contribution < -0.4 is 15.0 Å². The van der Waals surface area contributed by atoms with E-state index in [0.717, 1.165) is 51.0 Å². The Labute approximate surface area is 148 Å². The lowest BCUT2D eigenvalue weighted by Crippen LogP contribution is -2.52. The molecule has 0 bridgehead atoms. The zero-order valence-electron chi connectivity index (χ0n) is 14.9. The van der Waals surface area contributed by atoms with Gasteiger partial charge in [0, 0.05) is 70.5 Å². The summed E-state index contributed by atoms with van der Waals surface area (Å²) < 4.78 is 7.38. The van der Waals surface area contributed by atoms with Gasteiger partial charge in [0.05, 0.1) is 13.4 Å². The molecule has 0 spiro atoms. The van der Waals surface area contributed by atoms with Crippen LogP contribution in [0.4, 0.5) is 5.69 Å². The smallest absolute Gasteiger partial charge is 0.193 e. The van der Waals surface area contributed by atoms with Crippen LogP contribution in [0, 0.1) is 0 Å². The molecule has 134 valence electrons. The molecule has 1 N–H and O–H groups in total. The van der Waals surface area contributed by atoms with Crippen molar-refractivity contribution in [3.8, 4) is 5.75 Å². The van der Waals surface area contributed by atoms with Gasteiger partial charge in [0.25, 0.3) is 0 Å². The Kier molecular flexibility index (Phi) is 5.77. The highest BCUT2D eigenvalue weighted by Crippen LogP contribution is 2.22. The average molecular weight is 342 g/mol. The van der Waals surface area contributed by atoms with Crippen LogP contribution in [0.25, 0.3) is 0 Å². The minimum absolute atomic E-state index is 0.832. The molecule has 0 unspecified atom stereocenters. The van der Waals surface area contributed by atoms with Crippen LogP contribution >= 0.6 is 0 Å². The average Bonchev–Trinajstić information content (AvgIpc) is 3.19. The number of benzene rings is 1. The van der Waals surface area contributed by atoms with Crippen LogP contribution in [-0.2, 0) is 6.54 Å². The van der Waals surface area contributed by atoms with Crippen molar-refractivity contribution < 1.29 is 4.74 Å². The Morgan fingerprint density at radius 2 is 2.12 bits per heavy atom. The van der Waals surface area contributed by atoms with Crippen molar-refractivity contribution in [2.45, 2.75) is 6.54 Å². The molecule has 0 aliphatic carbocycles. The van der Waals surface area contributed by atoms with Crippen molar-refractivity contribution >= 4 is 11.6 Å². The van der Waals surface area contributed by atoms with Gasteiger partial charge in [-0.15, -0.1) is 0 Å². The molecule has 1 aliphatic rings. The summed E-state index contributed by atoms with van der Waals surface area (Å²) in [4.78, 5) is 13.2. The summed E-state index contributed by atoms with van der Waals surface area (Å²) in [5.41, 5.74) is 1.21. The van der Waals surface area contributed by atoms with E-state index in [2.05, 4.69) is 41.8 Å². The maximum atomic E-state index is 5.32. The minimum atomic E-state index is 0.832. The molecular formula is C18H26N6O. The normalized spacial score (nSPS) is 15.4. The van der Waals surface area contributed by atoms with Crippen LogP contribution in [0.1, 0.15) is 0 Å². The number of piperazine rings is 1. The van der Waals surface area contributed by atoms with Crippen molar-refractivity contribution in [2.75, 3.05) is 51.8 Å². The molecule has 1 aliphatic heterocycles. The van der Waals surface area contributed by atoms with Gasteiger partial charge in [-0.1, -0.05) is 6.07 Å². The number of ether oxygens (including phenoxy) is 1. The van der Waals surface area contributed by atoms with E-state index in [4.69, 9.17) is 4.74 Å². The highest BCUT2D eigenvalue weighted by molar-refractivity contribution is 5.80. The van der Waals surface area contributed by atoms with Gasteiger partial charge in [-0.2, -0.15) is 0 Å².